The third-order valence-electron chi connectivity index (χ3n) is 2.37. The first kappa shape index (κ1) is 12.4. The van der Waals surface area contributed by atoms with Gasteiger partial charge in [0, 0.05) is 6.20 Å². The van der Waals surface area contributed by atoms with E-state index in [0.717, 1.165) is 4.47 Å². The van der Waals surface area contributed by atoms with E-state index in [1.54, 1.807) is 31.5 Å². The van der Waals surface area contributed by atoms with Crippen LogP contribution >= 0.6 is 15.9 Å². The first-order chi connectivity index (χ1) is 8.76. The van der Waals surface area contributed by atoms with Gasteiger partial charge in [0.05, 0.1) is 17.1 Å². The molecule has 0 unspecified atom stereocenters. The molecule has 0 saturated heterocycles. The van der Waals surface area contributed by atoms with E-state index in [1.165, 1.54) is 0 Å². The van der Waals surface area contributed by atoms with Crippen molar-refractivity contribution in [3.63, 3.8) is 0 Å². The number of nitrogens with zero attached hydrogens (tertiary/aromatic N) is 2. The molecule has 0 atom stereocenters. The van der Waals surface area contributed by atoms with Gasteiger partial charge < -0.3 is 10.1 Å². The predicted molar refractivity (Wildman–Crippen MR) is 72.9 cm³/mol. The molecule has 1 aromatic carbocycles. The minimum atomic E-state index is 0.506. The van der Waals surface area contributed by atoms with Crippen LogP contribution in [0.1, 0.15) is 5.56 Å². The van der Waals surface area contributed by atoms with Crippen LogP contribution in [0, 0.1) is 11.3 Å². The molecule has 2 aromatic rings. The molecule has 2 rings (SSSR count). The summed E-state index contributed by atoms with van der Waals surface area (Å²) in [7, 11) is 1.56. The quantitative estimate of drug-likeness (QED) is 0.943. The van der Waals surface area contributed by atoms with Gasteiger partial charge in [-0.15, -0.1) is 0 Å². The Kier molecular flexibility index (Phi) is 3.80. The number of methoxy groups -OCH3 is 1. The number of hydrogen-bond donors (Lipinski definition) is 1. The van der Waals surface area contributed by atoms with Crippen molar-refractivity contribution in [2.75, 3.05) is 12.4 Å². The summed E-state index contributed by atoms with van der Waals surface area (Å²) in [6, 6.07) is 11.1. The van der Waals surface area contributed by atoms with E-state index in [0.29, 0.717) is 22.8 Å². The highest BCUT2D eigenvalue weighted by molar-refractivity contribution is 9.10. The molecule has 0 aliphatic carbocycles. The molecule has 18 heavy (non-hydrogen) atoms. The van der Waals surface area contributed by atoms with Gasteiger partial charge in [0.2, 0.25) is 0 Å². The first-order valence-electron chi connectivity index (χ1n) is 5.21. The Morgan fingerprint density at radius 2 is 2.17 bits per heavy atom. The van der Waals surface area contributed by atoms with Crippen molar-refractivity contribution in [3.05, 3.63) is 46.6 Å². The zero-order valence-corrected chi connectivity index (χ0v) is 11.2. The molecule has 90 valence electrons. The molecule has 5 heteroatoms. The van der Waals surface area contributed by atoms with Crippen molar-refractivity contribution in [3.8, 4) is 11.8 Å². The fraction of sp³-hybridized carbons (Fsp3) is 0.0769. The van der Waals surface area contributed by atoms with E-state index in [4.69, 9.17) is 10.00 Å². The number of halogens is 1. The van der Waals surface area contributed by atoms with Gasteiger partial charge in [-0.05, 0) is 40.2 Å². The van der Waals surface area contributed by atoms with Gasteiger partial charge in [-0.25, -0.2) is 4.98 Å². The summed E-state index contributed by atoms with van der Waals surface area (Å²) >= 11 is 3.40. The van der Waals surface area contributed by atoms with Gasteiger partial charge in [0.25, 0.3) is 0 Å². The number of para-hydroxylation sites is 1. The lowest BCUT2D eigenvalue weighted by atomic mass is 10.2. The van der Waals surface area contributed by atoms with Crippen molar-refractivity contribution < 1.29 is 4.74 Å². The number of nitrogens with one attached hydrogen (secondary N) is 1. The summed E-state index contributed by atoms with van der Waals surface area (Å²) in [4.78, 5) is 4.20. The van der Waals surface area contributed by atoms with Crippen LogP contribution in [0.3, 0.4) is 0 Å². The van der Waals surface area contributed by atoms with E-state index in [1.807, 2.05) is 12.1 Å². The summed E-state index contributed by atoms with van der Waals surface area (Å²) in [5.74, 6) is 1.24. The zero-order valence-electron chi connectivity index (χ0n) is 9.64. The Hall–Kier alpha value is -2.06. The lowest BCUT2D eigenvalue weighted by molar-refractivity contribution is 0.416. The molecular weight excluding hydrogens is 294 g/mol. The number of nitriles is 1. The molecule has 0 bridgehead atoms. The normalized spacial score (nSPS) is 9.61. The van der Waals surface area contributed by atoms with Crippen molar-refractivity contribution in [2.24, 2.45) is 0 Å². The zero-order chi connectivity index (χ0) is 13.0. The second-order valence-electron chi connectivity index (χ2n) is 3.45. The first-order valence-corrected chi connectivity index (χ1v) is 6.00. The van der Waals surface area contributed by atoms with Crippen molar-refractivity contribution in [1.29, 1.82) is 5.26 Å². The molecule has 0 radical (unpaired) electrons. The maximum atomic E-state index is 9.11. The standard InChI is InChI=1S/C13H10BrN3O/c1-18-11-6-2-4-9(8-15)12(11)17-13-10(14)5-3-7-16-13/h2-7H,1H3,(H,16,17). The average molecular weight is 304 g/mol. The molecule has 0 amide bonds. The number of benzene rings is 1. The van der Waals surface area contributed by atoms with Crippen molar-refractivity contribution >= 4 is 27.4 Å². The predicted octanol–water partition coefficient (Wildman–Crippen LogP) is 3.47. The third kappa shape index (κ3) is 2.44. The Labute approximate surface area is 113 Å². The van der Waals surface area contributed by atoms with Crippen molar-refractivity contribution in [2.45, 2.75) is 0 Å². The van der Waals surface area contributed by atoms with Crippen LogP contribution in [-0.2, 0) is 0 Å². The van der Waals surface area contributed by atoms with Crippen LogP contribution in [0.2, 0.25) is 0 Å². The van der Waals surface area contributed by atoms with Gasteiger partial charge in [-0.3, -0.25) is 0 Å². The minimum absolute atomic E-state index is 0.506. The molecule has 0 aliphatic heterocycles. The Balaban J connectivity index is 2.46. The molecular formula is C13H10BrN3O. The number of anilines is 2. The van der Waals surface area contributed by atoms with Gasteiger partial charge in [0.1, 0.15) is 23.3 Å². The van der Waals surface area contributed by atoms with Gasteiger partial charge in [0.15, 0.2) is 0 Å². The van der Waals surface area contributed by atoms with Gasteiger partial charge in [-0.2, -0.15) is 5.26 Å². The second-order valence-corrected chi connectivity index (χ2v) is 4.31. The number of hydrogen-bond acceptors (Lipinski definition) is 4. The highest BCUT2D eigenvalue weighted by atomic mass is 79.9. The van der Waals surface area contributed by atoms with Crippen LogP contribution in [0.5, 0.6) is 5.75 Å². The monoisotopic (exact) mass is 303 g/mol. The van der Waals surface area contributed by atoms with Crippen LogP contribution in [0.4, 0.5) is 11.5 Å². The van der Waals surface area contributed by atoms with Crippen LogP contribution < -0.4 is 10.1 Å². The highest BCUT2D eigenvalue weighted by Gasteiger charge is 2.10. The number of pyridine rings is 1. The van der Waals surface area contributed by atoms with Gasteiger partial charge >= 0.3 is 0 Å². The largest absolute Gasteiger partial charge is 0.495 e. The maximum Gasteiger partial charge on any atom is 0.144 e. The summed E-state index contributed by atoms with van der Waals surface area (Å²) in [6.45, 7) is 0. The lowest BCUT2D eigenvalue weighted by Gasteiger charge is -2.12. The Morgan fingerprint density at radius 1 is 1.33 bits per heavy atom. The Morgan fingerprint density at radius 3 is 2.83 bits per heavy atom. The summed E-state index contributed by atoms with van der Waals surface area (Å²) in [5.41, 5.74) is 1.12. The molecule has 1 aromatic heterocycles. The molecule has 0 aliphatic rings. The lowest BCUT2D eigenvalue weighted by Crippen LogP contribution is -1.99. The van der Waals surface area contributed by atoms with Crippen LogP contribution in [-0.4, -0.2) is 12.1 Å². The average Bonchev–Trinajstić information content (AvgIpc) is 2.41. The summed E-state index contributed by atoms with van der Waals surface area (Å²) < 4.78 is 6.06. The van der Waals surface area contributed by atoms with E-state index in [2.05, 4.69) is 32.3 Å². The molecule has 0 spiro atoms. The fourth-order valence-corrected chi connectivity index (χ4v) is 1.87. The minimum Gasteiger partial charge on any atom is -0.495 e. The maximum absolute atomic E-state index is 9.11. The van der Waals surface area contributed by atoms with E-state index >= 15 is 0 Å². The number of aromatic nitrogens is 1. The van der Waals surface area contributed by atoms with E-state index < -0.39 is 0 Å². The molecule has 0 saturated carbocycles. The third-order valence-corrected chi connectivity index (χ3v) is 3.01. The highest BCUT2D eigenvalue weighted by Crippen LogP contribution is 2.32. The Bertz CT molecular complexity index is 607. The summed E-state index contributed by atoms with van der Waals surface area (Å²) in [6.07, 6.45) is 1.68. The fourth-order valence-electron chi connectivity index (χ4n) is 1.52. The smallest absolute Gasteiger partial charge is 0.144 e. The summed E-state index contributed by atoms with van der Waals surface area (Å²) in [5, 5.41) is 12.2. The topological polar surface area (TPSA) is 57.9 Å². The SMILES string of the molecule is COc1cccc(C#N)c1Nc1ncccc1Br. The second kappa shape index (κ2) is 5.52. The van der Waals surface area contributed by atoms with E-state index in [-0.39, 0.29) is 0 Å². The van der Waals surface area contributed by atoms with Crippen LogP contribution in [0.25, 0.3) is 0 Å². The molecule has 4 nitrogen and oxygen atoms in total. The van der Waals surface area contributed by atoms with Crippen molar-refractivity contribution in [1.82, 2.24) is 4.98 Å². The number of ether oxygens (including phenoxy) is 1. The van der Waals surface area contributed by atoms with Gasteiger partial charge in [-0.1, -0.05) is 6.07 Å². The van der Waals surface area contributed by atoms with Crippen LogP contribution in [0.15, 0.2) is 41.0 Å². The molecule has 0 fully saturated rings. The number of rotatable bonds is 3. The van der Waals surface area contributed by atoms with E-state index in [9.17, 15) is 0 Å². The molecule has 1 heterocycles. The molecule has 1 N–H and O–H groups in total.